The molecule has 134 valence electrons. The van der Waals surface area contributed by atoms with Gasteiger partial charge in [-0.1, -0.05) is 30.3 Å². The fraction of sp³-hybridized carbons (Fsp3) is 0.333. The number of hydrogen-bond acceptors (Lipinski definition) is 3. The standard InChI is InChI=1S/C21H24N4O/c26-21(23-16-7-6-14-22-15-16)13-12-20-24-18-10-4-5-11-19(18)25(20)17-8-2-1-3-9-17/h1-5,8-11,16,22H,6-7,12-15H2,(H,23,26)/t16-/m0/s1. The van der Waals surface area contributed by atoms with Crippen LogP contribution in [0.25, 0.3) is 16.7 Å². The smallest absolute Gasteiger partial charge is 0.220 e. The van der Waals surface area contributed by atoms with Gasteiger partial charge >= 0.3 is 0 Å². The lowest BCUT2D eigenvalue weighted by atomic mass is 10.1. The van der Waals surface area contributed by atoms with Gasteiger partial charge in [-0.25, -0.2) is 4.98 Å². The van der Waals surface area contributed by atoms with Crippen LogP contribution in [-0.4, -0.2) is 34.6 Å². The van der Waals surface area contributed by atoms with Crippen LogP contribution >= 0.6 is 0 Å². The molecule has 0 radical (unpaired) electrons. The van der Waals surface area contributed by atoms with Crippen molar-refractivity contribution in [2.24, 2.45) is 0 Å². The van der Waals surface area contributed by atoms with E-state index in [2.05, 4.69) is 33.4 Å². The first kappa shape index (κ1) is 16.8. The zero-order chi connectivity index (χ0) is 17.8. The van der Waals surface area contributed by atoms with E-state index >= 15 is 0 Å². The summed E-state index contributed by atoms with van der Waals surface area (Å²) in [7, 11) is 0. The second-order valence-electron chi connectivity index (χ2n) is 6.80. The van der Waals surface area contributed by atoms with Gasteiger partial charge in [0.05, 0.1) is 11.0 Å². The Kier molecular flexibility index (Phi) is 4.97. The zero-order valence-corrected chi connectivity index (χ0v) is 14.8. The van der Waals surface area contributed by atoms with Gasteiger partial charge in [-0.2, -0.15) is 0 Å². The van der Waals surface area contributed by atoms with Crippen LogP contribution in [0.15, 0.2) is 54.6 Å². The van der Waals surface area contributed by atoms with Crippen molar-refractivity contribution in [3.05, 3.63) is 60.4 Å². The van der Waals surface area contributed by atoms with Crippen molar-refractivity contribution in [3.8, 4) is 5.69 Å². The first-order valence-corrected chi connectivity index (χ1v) is 9.33. The number of aryl methyl sites for hydroxylation is 1. The molecule has 2 heterocycles. The number of nitrogens with zero attached hydrogens (tertiary/aromatic N) is 2. The average Bonchev–Trinajstić information content (AvgIpc) is 3.06. The van der Waals surface area contributed by atoms with Gasteiger partial charge in [-0.3, -0.25) is 9.36 Å². The van der Waals surface area contributed by atoms with Crippen LogP contribution in [0.1, 0.15) is 25.1 Å². The van der Waals surface area contributed by atoms with Crippen molar-refractivity contribution in [1.29, 1.82) is 0 Å². The maximum atomic E-state index is 12.4. The maximum absolute atomic E-state index is 12.4. The highest BCUT2D eigenvalue weighted by Crippen LogP contribution is 2.22. The number of para-hydroxylation sites is 3. The Morgan fingerprint density at radius 3 is 2.77 bits per heavy atom. The Bertz CT molecular complexity index is 881. The predicted molar refractivity (Wildman–Crippen MR) is 103 cm³/mol. The second-order valence-corrected chi connectivity index (χ2v) is 6.80. The molecular weight excluding hydrogens is 324 g/mol. The van der Waals surface area contributed by atoms with Crippen molar-refractivity contribution in [1.82, 2.24) is 20.2 Å². The van der Waals surface area contributed by atoms with E-state index in [1.165, 1.54) is 0 Å². The molecule has 1 aromatic heterocycles. The van der Waals surface area contributed by atoms with Gasteiger partial charge in [0.1, 0.15) is 5.82 Å². The predicted octanol–water partition coefficient (Wildman–Crippen LogP) is 2.83. The molecular formula is C21H24N4O. The maximum Gasteiger partial charge on any atom is 0.220 e. The van der Waals surface area contributed by atoms with Crippen LogP contribution < -0.4 is 10.6 Å². The Morgan fingerprint density at radius 1 is 1.15 bits per heavy atom. The van der Waals surface area contributed by atoms with Crippen molar-refractivity contribution >= 4 is 16.9 Å². The number of fused-ring (bicyclic) bond motifs is 1. The Balaban J connectivity index is 1.53. The van der Waals surface area contributed by atoms with Crippen molar-refractivity contribution < 1.29 is 4.79 Å². The summed E-state index contributed by atoms with van der Waals surface area (Å²) in [6, 6.07) is 18.6. The lowest BCUT2D eigenvalue weighted by Gasteiger charge is -2.23. The highest BCUT2D eigenvalue weighted by molar-refractivity contribution is 5.79. The van der Waals surface area contributed by atoms with E-state index in [1.54, 1.807) is 0 Å². The second kappa shape index (κ2) is 7.70. The van der Waals surface area contributed by atoms with Gasteiger partial charge < -0.3 is 10.6 Å². The lowest BCUT2D eigenvalue weighted by molar-refractivity contribution is -0.121. The Hall–Kier alpha value is -2.66. The van der Waals surface area contributed by atoms with Crippen LogP contribution in [-0.2, 0) is 11.2 Å². The molecule has 1 fully saturated rings. The van der Waals surface area contributed by atoms with Crippen LogP contribution in [0.5, 0.6) is 0 Å². The van der Waals surface area contributed by atoms with Crippen molar-refractivity contribution in [2.75, 3.05) is 13.1 Å². The fourth-order valence-electron chi connectivity index (χ4n) is 3.61. The Labute approximate surface area is 153 Å². The molecule has 0 unspecified atom stereocenters. The molecule has 5 nitrogen and oxygen atoms in total. The number of imidazole rings is 1. The summed E-state index contributed by atoms with van der Waals surface area (Å²) in [6.45, 7) is 1.92. The molecule has 5 heteroatoms. The molecule has 1 atom stereocenters. The van der Waals surface area contributed by atoms with Gasteiger partial charge in [0.2, 0.25) is 5.91 Å². The molecule has 1 saturated heterocycles. The zero-order valence-electron chi connectivity index (χ0n) is 14.8. The summed E-state index contributed by atoms with van der Waals surface area (Å²) >= 11 is 0. The first-order chi connectivity index (χ1) is 12.8. The van der Waals surface area contributed by atoms with Gasteiger partial charge in [-0.15, -0.1) is 0 Å². The molecule has 0 spiro atoms. The highest BCUT2D eigenvalue weighted by atomic mass is 16.1. The van der Waals surface area contributed by atoms with E-state index in [9.17, 15) is 4.79 Å². The molecule has 0 aliphatic carbocycles. The Morgan fingerprint density at radius 2 is 1.96 bits per heavy atom. The van der Waals surface area contributed by atoms with Gasteiger partial charge in [0, 0.05) is 31.1 Å². The summed E-state index contributed by atoms with van der Waals surface area (Å²) in [6.07, 6.45) is 3.25. The monoisotopic (exact) mass is 348 g/mol. The number of aromatic nitrogens is 2. The summed E-state index contributed by atoms with van der Waals surface area (Å²) in [5.41, 5.74) is 3.11. The number of benzene rings is 2. The third-order valence-corrected chi connectivity index (χ3v) is 4.88. The number of carbonyl (C=O) groups is 1. The van der Waals surface area contributed by atoms with Crippen LogP contribution in [0.2, 0.25) is 0 Å². The minimum atomic E-state index is 0.102. The minimum Gasteiger partial charge on any atom is -0.352 e. The van der Waals surface area contributed by atoms with Gasteiger partial charge in [0.15, 0.2) is 0 Å². The molecule has 4 rings (SSSR count). The topological polar surface area (TPSA) is 59.0 Å². The summed E-state index contributed by atoms with van der Waals surface area (Å²) in [5, 5.41) is 6.47. The quantitative estimate of drug-likeness (QED) is 0.745. The molecule has 1 amide bonds. The fourth-order valence-corrected chi connectivity index (χ4v) is 3.61. The lowest BCUT2D eigenvalue weighted by Crippen LogP contribution is -2.45. The molecule has 1 aliphatic rings. The summed E-state index contributed by atoms with van der Waals surface area (Å²) in [5.74, 6) is 1.03. The van der Waals surface area contributed by atoms with E-state index in [1.807, 2.05) is 36.4 Å². The number of hydrogen-bond donors (Lipinski definition) is 2. The molecule has 0 bridgehead atoms. The van der Waals surface area contributed by atoms with E-state index in [0.29, 0.717) is 12.8 Å². The highest BCUT2D eigenvalue weighted by Gasteiger charge is 2.17. The number of piperidine rings is 1. The average molecular weight is 348 g/mol. The molecule has 2 N–H and O–H groups in total. The van der Waals surface area contributed by atoms with E-state index < -0.39 is 0 Å². The summed E-state index contributed by atoms with van der Waals surface area (Å²) in [4.78, 5) is 17.2. The van der Waals surface area contributed by atoms with Crippen molar-refractivity contribution in [3.63, 3.8) is 0 Å². The van der Waals surface area contributed by atoms with Gasteiger partial charge in [0.25, 0.3) is 0 Å². The van der Waals surface area contributed by atoms with Crippen LogP contribution in [0.3, 0.4) is 0 Å². The number of carbonyl (C=O) groups excluding carboxylic acids is 1. The van der Waals surface area contributed by atoms with Gasteiger partial charge in [-0.05, 0) is 43.7 Å². The van der Waals surface area contributed by atoms with Crippen LogP contribution in [0.4, 0.5) is 0 Å². The molecule has 1 aliphatic heterocycles. The molecule has 26 heavy (non-hydrogen) atoms. The molecule has 2 aromatic carbocycles. The van der Waals surface area contributed by atoms with E-state index in [4.69, 9.17) is 4.98 Å². The summed E-state index contributed by atoms with van der Waals surface area (Å²) < 4.78 is 2.16. The first-order valence-electron chi connectivity index (χ1n) is 9.33. The molecule has 3 aromatic rings. The largest absolute Gasteiger partial charge is 0.352 e. The van der Waals surface area contributed by atoms with Crippen molar-refractivity contribution in [2.45, 2.75) is 31.7 Å². The SMILES string of the molecule is O=C(CCc1nc2ccccc2n1-c1ccccc1)N[C@H]1CCCNC1. The number of amides is 1. The third kappa shape index (κ3) is 3.63. The molecule has 0 saturated carbocycles. The third-order valence-electron chi connectivity index (χ3n) is 4.88. The number of nitrogens with one attached hydrogen (secondary N) is 2. The normalized spacial score (nSPS) is 17.3. The van der Waals surface area contributed by atoms with Crippen LogP contribution in [0, 0.1) is 0 Å². The number of rotatable bonds is 5. The minimum absolute atomic E-state index is 0.102. The van der Waals surface area contributed by atoms with E-state index in [0.717, 1.165) is 48.5 Å². The van der Waals surface area contributed by atoms with E-state index in [-0.39, 0.29) is 11.9 Å².